The van der Waals surface area contributed by atoms with Gasteiger partial charge in [-0.2, -0.15) is 0 Å². The van der Waals surface area contributed by atoms with E-state index in [9.17, 15) is 0 Å². The molecule has 1 fully saturated rings. The van der Waals surface area contributed by atoms with E-state index >= 15 is 0 Å². The molecule has 0 spiro atoms. The Morgan fingerprint density at radius 2 is 1.83 bits per heavy atom. The number of rotatable bonds is 3. The first kappa shape index (κ1) is 19.8. The highest BCUT2D eigenvalue weighted by Crippen LogP contribution is 2.25. The molecule has 2 N–H and O–H groups in total. The van der Waals surface area contributed by atoms with Crippen molar-refractivity contribution in [2.75, 3.05) is 43.1 Å². The molecule has 2 aliphatic rings. The summed E-state index contributed by atoms with van der Waals surface area (Å²) in [5.74, 6) is 1.02. The van der Waals surface area contributed by atoms with Crippen LogP contribution < -0.4 is 15.5 Å². The number of aliphatic imine (C=N–C) groups is 1. The molecule has 5 nitrogen and oxygen atoms in total. The molecule has 0 bridgehead atoms. The third kappa shape index (κ3) is 5.73. The van der Waals surface area contributed by atoms with Crippen LogP contribution in [0.5, 0.6) is 0 Å². The van der Waals surface area contributed by atoms with Gasteiger partial charge < -0.3 is 20.3 Å². The van der Waals surface area contributed by atoms with E-state index in [0.29, 0.717) is 0 Å². The Labute approximate surface area is 174 Å². The van der Waals surface area contributed by atoms with Crippen molar-refractivity contribution in [3.63, 3.8) is 0 Å². The SMILES string of the molecule is c1cc(CN/C2=N/c3ccccc3NCCCOCCC2)cc(N2CCCC2)c1. The summed E-state index contributed by atoms with van der Waals surface area (Å²) in [6.45, 7) is 5.63. The van der Waals surface area contributed by atoms with E-state index in [1.54, 1.807) is 0 Å². The quantitative estimate of drug-likeness (QED) is 0.794. The number of nitrogens with zero attached hydrogens (tertiary/aromatic N) is 2. The number of fused-ring (bicyclic) bond motifs is 1. The van der Waals surface area contributed by atoms with Crippen molar-refractivity contribution < 1.29 is 4.74 Å². The standard InChI is InChI=1S/C24H32N4O/c1-2-11-23-22(10-1)25-13-7-17-29-16-6-12-24(27-23)26-19-20-8-5-9-21(18-20)28-14-3-4-15-28/h1-2,5,8-11,18,25H,3-4,6-7,12-17,19H2,(H,26,27). The second kappa shape index (κ2) is 10.3. The fourth-order valence-electron chi connectivity index (χ4n) is 3.93. The molecule has 2 heterocycles. The maximum atomic E-state index is 5.75. The number of amidine groups is 1. The van der Waals surface area contributed by atoms with Crippen molar-refractivity contribution in [2.45, 2.75) is 38.6 Å². The minimum absolute atomic E-state index is 0.785. The van der Waals surface area contributed by atoms with Gasteiger partial charge in [-0.25, -0.2) is 4.99 Å². The average molecular weight is 393 g/mol. The maximum absolute atomic E-state index is 5.75. The van der Waals surface area contributed by atoms with Crippen molar-refractivity contribution in [2.24, 2.45) is 4.99 Å². The number of hydrogen-bond acceptors (Lipinski definition) is 5. The summed E-state index contributed by atoms with van der Waals surface area (Å²) in [6, 6.07) is 17.2. The average Bonchev–Trinajstić information content (AvgIpc) is 3.29. The van der Waals surface area contributed by atoms with Crippen molar-refractivity contribution >= 4 is 22.9 Å². The molecule has 0 saturated carbocycles. The number of nitrogens with one attached hydrogen (secondary N) is 2. The molecule has 4 rings (SSSR count). The molecule has 154 valence electrons. The summed E-state index contributed by atoms with van der Waals surface area (Å²) < 4.78 is 5.75. The Balaban J connectivity index is 1.48. The van der Waals surface area contributed by atoms with E-state index in [2.05, 4.69) is 64.1 Å². The van der Waals surface area contributed by atoms with Crippen molar-refractivity contribution in [3.8, 4) is 0 Å². The van der Waals surface area contributed by atoms with Gasteiger partial charge in [0.15, 0.2) is 0 Å². The first-order valence-corrected chi connectivity index (χ1v) is 10.9. The van der Waals surface area contributed by atoms with Crippen molar-refractivity contribution in [3.05, 3.63) is 54.1 Å². The molecule has 0 unspecified atom stereocenters. The van der Waals surface area contributed by atoms with Crippen LogP contribution in [0.1, 0.15) is 37.7 Å². The number of anilines is 2. The zero-order valence-corrected chi connectivity index (χ0v) is 17.2. The van der Waals surface area contributed by atoms with Crippen molar-refractivity contribution in [1.82, 2.24) is 5.32 Å². The Hall–Kier alpha value is -2.53. The van der Waals surface area contributed by atoms with Crippen LogP contribution in [0.3, 0.4) is 0 Å². The fraction of sp³-hybridized carbons (Fsp3) is 0.458. The van der Waals surface area contributed by atoms with Gasteiger partial charge >= 0.3 is 0 Å². The molecule has 1 saturated heterocycles. The maximum Gasteiger partial charge on any atom is 0.103 e. The van der Waals surface area contributed by atoms with Gasteiger partial charge in [0.25, 0.3) is 0 Å². The van der Waals surface area contributed by atoms with E-state index in [1.807, 2.05) is 0 Å². The molecule has 5 heteroatoms. The van der Waals surface area contributed by atoms with Crippen LogP contribution in [-0.4, -0.2) is 38.7 Å². The summed E-state index contributed by atoms with van der Waals surface area (Å²) in [5.41, 5.74) is 4.72. The zero-order chi connectivity index (χ0) is 19.7. The summed E-state index contributed by atoms with van der Waals surface area (Å²) >= 11 is 0. The molecule has 0 atom stereocenters. The van der Waals surface area contributed by atoms with E-state index < -0.39 is 0 Å². The zero-order valence-electron chi connectivity index (χ0n) is 17.2. The topological polar surface area (TPSA) is 48.9 Å². The predicted octanol–water partition coefficient (Wildman–Crippen LogP) is 4.72. The first-order chi connectivity index (χ1) is 14.4. The van der Waals surface area contributed by atoms with E-state index in [1.165, 1.54) is 37.2 Å². The number of ether oxygens (including phenoxy) is 1. The summed E-state index contributed by atoms with van der Waals surface area (Å²) in [7, 11) is 0. The molecule has 0 radical (unpaired) electrons. The van der Waals surface area contributed by atoms with Gasteiger partial charge in [-0.05, 0) is 55.5 Å². The van der Waals surface area contributed by atoms with E-state index in [-0.39, 0.29) is 0 Å². The fourth-order valence-corrected chi connectivity index (χ4v) is 3.93. The van der Waals surface area contributed by atoms with Gasteiger partial charge in [0, 0.05) is 51.5 Å². The normalized spacial score (nSPS) is 19.9. The van der Waals surface area contributed by atoms with Crippen molar-refractivity contribution in [1.29, 1.82) is 0 Å². The summed E-state index contributed by atoms with van der Waals surface area (Å²) in [6.07, 6.45) is 5.48. The molecule has 0 aliphatic carbocycles. The molecular formula is C24H32N4O. The molecule has 2 aromatic rings. The summed E-state index contributed by atoms with van der Waals surface area (Å²) in [5, 5.41) is 7.09. The molecule has 29 heavy (non-hydrogen) atoms. The smallest absolute Gasteiger partial charge is 0.103 e. The Morgan fingerprint density at radius 1 is 0.966 bits per heavy atom. The molecule has 0 aromatic heterocycles. The van der Waals surface area contributed by atoms with Crippen LogP contribution in [0, 0.1) is 0 Å². The minimum atomic E-state index is 0.785. The highest BCUT2D eigenvalue weighted by atomic mass is 16.5. The number of hydrogen-bond donors (Lipinski definition) is 2. The van der Waals surface area contributed by atoms with E-state index in [4.69, 9.17) is 9.73 Å². The predicted molar refractivity (Wildman–Crippen MR) is 121 cm³/mol. The van der Waals surface area contributed by atoms with Crippen LogP contribution in [0.2, 0.25) is 0 Å². The second-order valence-corrected chi connectivity index (χ2v) is 7.79. The lowest BCUT2D eigenvalue weighted by Gasteiger charge is -2.19. The third-order valence-corrected chi connectivity index (χ3v) is 5.52. The molecule has 2 aliphatic heterocycles. The number of para-hydroxylation sites is 2. The lowest BCUT2D eigenvalue weighted by Crippen LogP contribution is -2.24. The van der Waals surface area contributed by atoms with Gasteiger partial charge in [0.2, 0.25) is 0 Å². The van der Waals surface area contributed by atoms with Gasteiger partial charge in [0.05, 0.1) is 11.4 Å². The number of benzene rings is 2. The largest absolute Gasteiger partial charge is 0.383 e. The Bertz CT molecular complexity index is 814. The second-order valence-electron chi connectivity index (χ2n) is 7.79. The highest BCUT2D eigenvalue weighted by molar-refractivity contribution is 5.86. The van der Waals surface area contributed by atoms with Gasteiger partial charge in [-0.15, -0.1) is 0 Å². The summed E-state index contributed by atoms with van der Waals surface area (Å²) in [4.78, 5) is 7.45. The van der Waals surface area contributed by atoms with Gasteiger partial charge in [-0.3, -0.25) is 0 Å². The van der Waals surface area contributed by atoms with Gasteiger partial charge in [-0.1, -0.05) is 24.3 Å². The van der Waals surface area contributed by atoms with Crippen LogP contribution in [-0.2, 0) is 11.3 Å². The Kier molecular flexibility index (Phi) is 7.03. The lowest BCUT2D eigenvalue weighted by atomic mass is 10.1. The molecule has 0 amide bonds. The van der Waals surface area contributed by atoms with Crippen LogP contribution >= 0.6 is 0 Å². The van der Waals surface area contributed by atoms with Crippen LogP contribution in [0.4, 0.5) is 17.1 Å². The van der Waals surface area contributed by atoms with Crippen LogP contribution in [0.25, 0.3) is 0 Å². The molecule has 2 aromatic carbocycles. The molecular weight excluding hydrogens is 360 g/mol. The third-order valence-electron chi connectivity index (χ3n) is 5.52. The monoisotopic (exact) mass is 392 g/mol. The van der Waals surface area contributed by atoms with Gasteiger partial charge in [0.1, 0.15) is 5.84 Å². The first-order valence-electron chi connectivity index (χ1n) is 10.9. The van der Waals surface area contributed by atoms with Crippen LogP contribution in [0.15, 0.2) is 53.5 Å². The highest BCUT2D eigenvalue weighted by Gasteiger charge is 2.12. The van der Waals surface area contributed by atoms with E-state index in [0.717, 1.165) is 62.8 Å². The lowest BCUT2D eigenvalue weighted by molar-refractivity contribution is 0.132. The minimum Gasteiger partial charge on any atom is -0.383 e. The Morgan fingerprint density at radius 3 is 2.76 bits per heavy atom.